The molecule has 0 radical (unpaired) electrons. The van der Waals surface area contributed by atoms with Gasteiger partial charge in [-0.05, 0) is 19.4 Å². The normalized spacial score (nSPS) is 26.8. The van der Waals surface area contributed by atoms with Crippen LogP contribution in [0.1, 0.15) is 12.8 Å². The van der Waals surface area contributed by atoms with Gasteiger partial charge in [0.1, 0.15) is 6.61 Å². The molecule has 0 aromatic carbocycles. The topological polar surface area (TPSA) is 50.8 Å². The molecule has 5 nitrogen and oxygen atoms in total. The Morgan fingerprint density at radius 3 is 3.19 bits per heavy atom. The highest BCUT2D eigenvalue weighted by Gasteiger charge is 2.20. The Kier molecular flexibility index (Phi) is 4.56. The van der Waals surface area contributed by atoms with Crippen LogP contribution in [-0.4, -0.2) is 62.9 Å². The smallest absolute Gasteiger partial charge is 0.248 e. The van der Waals surface area contributed by atoms with E-state index in [2.05, 4.69) is 5.32 Å². The summed E-state index contributed by atoms with van der Waals surface area (Å²) in [6.07, 6.45) is 2.06. The maximum absolute atomic E-state index is 11.8. The predicted molar refractivity (Wildman–Crippen MR) is 59.2 cm³/mol. The van der Waals surface area contributed by atoms with Gasteiger partial charge in [0.25, 0.3) is 0 Å². The number of carbonyl (C=O) groups excluding carboxylic acids is 1. The Bertz CT molecular complexity index is 221. The Morgan fingerprint density at radius 2 is 2.38 bits per heavy atom. The SMILES string of the molecule is O=C(COC1CCOC1)N1CCCNCC1. The first-order valence-electron chi connectivity index (χ1n) is 6.04. The fourth-order valence-corrected chi connectivity index (χ4v) is 2.02. The minimum atomic E-state index is 0.107. The number of hydrogen-bond donors (Lipinski definition) is 1. The molecule has 0 aliphatic carbocycles. The van der Waals surface area contributed by atoms with Gasteiger partial charge in [-0.2, -0.15) is 0 Å². The van der Waals surface area contributed by atoms with E-state index in [-0.39, 0.29) is 18.6 Å². The number of nitrogens with one attached hydrogen (secondary N) is 1. The van der Waals surface area contributed by atoms with Gasteiger partial charge in [0, 0.05) is 26.2 Å². The van der Waals surface area contributed by atoms with E-state index in [0.29, 0.717) is 6.61 Å². The Morgan fingerprint density at radius 1 is 1.44 bits per heavy atom. The maximum atomic E-state index is 11.8. The average Bonchev–Trinajstić information content (AvgIpc) is 2.66. The standard InChI is InChI=1S/C11H20N2O3/c14-11(9-16-10-2-7-15-8-10)13-5-1-3-12-4-6-13/h10,12H,1-9H2. The highest BCUT2D eigenvalue weighted by Crippen LogP contribution is 2.08. The van der Waals surface area contributed by atoms with E-state index in [1.54, 1.807) is 0 Å². The van der Waals surface area contributed by atoms with Gasteiger partial charge in [0.2, 0.25) is 5.91 Å². The van der Waals surface area contributed by atoms with Crippen LogP contribution in [-0.2, 0) is 14.3 Å². The molecule has 2 saturated heterocycles. The van der Waals surface area contributed by atoms with Crippen molar-refractivity contribution in [3.05, 3.63) is 0 Å². The molecule has 2 rings (SSSR count). The van der Waals surface area contributed by atoms with E-state index in [0.717, 1.165) is 45.6 Å². The lowest BCUT2D eigenvalue weighted by atomic mass is 10.3. The van der Waals surface area contributed by atoms with E-state index in [9.17, 15) is 4.79 Å². The number of rotatable bonds is 3. The zero-order chi connectivity index (χ0) is 11.2. The zero-order valence-corrected chi connectivity index (χ0v) is 9.61. The highest BCUT2D eigenvalue weighted by molar-refractivity contribution is 5.77. The molecule has 92 valence electrons. The van der Waals surface area contributed by atoms with Gasteiger partial charge in [-0.1, -0.05) is 0 Å². The summed E-state index contributed by atoms with van der Waals surface area (Å²) < 4.78 is 10.7. The third-order valence-electron chi connectivity index (χ3n) is 3.02. The summed E-state index contributed by atoms with van der Waals surface area (Å²) in [5, 5.41) is 3.27. The second kappa shape index (κ2) is 6.18. The van der Waals surface area contributed by atoms with Crippen LogP contribution in [0.25, 0.3) is 0 Å². The number of carbonyl (C=O) groups is 1. The molecule has 1 N–H and O–H groups in total. The van der Waals surface area contributed by atoms with Crippen LogP contribution in [0.3, 0.4) is 0 Å². The fourth-order valence-electron chi connectivity index (χ4n) is 2.02. The largest absolute Gasteiger partial charge is 0.379 e. The van der Waals surface area contributed by atoms with Crippen LogP contribution in [0.2, 0.25) is 0 Å². The Balaban J connectivity index is 1.69. The number of amides is 1. The van der Waals surface area contributed by atoms with Crippen LogP contribution in [0.4, 0.5) is 0 Å². The van der Waals surface area contributed by atoms with E-state index in [4.69, 9.17) is 9.47 Å². The van der Waals surface area contributed by atoms with E-state index >= 15 is 0 Å². The molecule has 2 aliphatic heterocycles. The first-order chi connectivity index (χ1) is 7.86. The molecule has 2 heterocycles. The molecule has 5 heteroatoms. The molecule has 1 unspecified atom stereocenters. The molecule has 0 aromatic rings. The monoisotopic (exact) mass is 228 g/mol. The lowest BCUT2D eigenvalue weighted by molar-refractivity contribution is -0.137. The van der Waals surface area contributed by atoms with Gasteiger partial charge >= 0.3 is 0 Å². The molecule has 0 bridgehead atoms. The van der Waals surface area contributed by atoms with Crippen LogP contribution in [0.15, 0.2) is 0 Å². The maximum Gasteiger partial charge on any atom is 0.248 e. The molecule has 1 amide bonds. The van der Waals surface area contributed by atoms with Crippen molar-refractivity contribution < 1.29 is 14.3 Å². The summed E-state index contributed by atoms with van der Waals surface area (Å²) in [6, 6.07) is 0. The summed E-state index contributed by atoms with van der Waals surface area (Å²) in [6.45, 7) is 5.12. The average molecular weight is 228 g/mol. The summed E-state index contributed by atoms with van der Waals surface area (Å²) in [4.78, 5) is 13.7. The van der Waals surface area contributed by atoms with Crippen molar-refractivity contribution in [2.75, 3.05) is 46.0 Å². The lowest BCUT2D eigenvalue weighted by Gasteiger charge is -2.20. The molecule has 0 saturated carbocycles. The van der Waals surface area contributed by atoms with Crippen LogP contribution in [0.5, 0.6) is 0 Å². The molecule has 0 spiro atoms. The van der Waals surface area contributed by atoms with Crippen molar-refractivity contribution in [1.29, 1.82) is 0 Å². The molecule has 2 aliphatic rings. The predicted octanol–water partition coefficient (Wildman–Crippen LogP) is -0.386. The van der Waals surface area contributed by atoms with Crippen molar-refractivity contribution in [3.63, 3.8) is 0 Å². The fraction of sp³-hybridized carbons (Fsp3) is 0.909. The van der Waals surface area contributed by atoms with E-state index in [1.165, 1.54) is 0 Å². The summed E-state index contributed by atoms with van der Waals surface area (Å²) in [7, 11) is 0. The molecular formula is C11H20N2O3. The van der Waals surface area contributed by atoms with Crippen LogP contribution < -0.4 is 5.32 Å². The molecule has 1 atom stereocenters. The second-order valence-electron chi connectivity index (χ2n) is 4.28. The van der Waals surface area contributed by atoms with Gasteiger partial charge in [-0.25, -0.2) is 0 Å². The third-order valence-corrected chi connectivity index (χ3v) is 3.02. The van der Waals surface area contributed by atoms with Crippen molar-refractivity contribution >= 4 is 5.91 Å². The Hall–Kier alpha value is -0.650. The summed E-state index contributed by atoms with van der Waals surface area (Å²) >= 11 is 0. The van der Waals surface area contributed by atoms with Gasteiger partial charge in [0.05, 0.1) is 12.7 Å². The highest BCUT2D eigenvalue weighted by atomic mass is 16.5. The lowest BCUT2D eigenvalue weighted by Crippen LogP contribution is -2.37. The van der Waals surface area contributed by atoms with E-state index < -0.39 is 0 Å². The number of ether oxygens (including phenoxy) is 2. The molecule has 0 aromatic heterocycles. The van der Waals surface area contributed by atoms with Crippen molar-refractivity contribution in [2.24, 2.45) is 0 Å². The minimum Gasteiger partial charge on any atom is -0.379 e. The first kappa shape index (κ1) is 11.8. The minimum absolute atomic E-state index is 0.107. The van der Waals surface area contributed by atoms with Gasteiger partial charge in [-0.3, -0.25) is 4.79 Å². The Labute approximate surface area is 96.1 Å². The van der Waals surface area contributed by atoms with Crippen LogP contribution in [0, 0.1) is 0 Å². The quantitative estimate of drug-likeness (QED) is 0.715. The summed E-state index contributed by atoms with van der Waals surface area (Å²) in [5.74, 6) is 0.107. The molecule has 2 fully saturated rings. The van der Waals surface area contributed by atoms with Gasteiger partial charge in [0.15, 0.2) is 0 Å². The van der Waals surface area contributed by atoms with Crippen molar-refractivity contribution in [1.82, 2.24) is 10.2 Å². The second-order valence-corrected chi connectivity index (χ2v) is 4.28. The third kappa shape index (κ3) is 3.43. The first-order valence-corrected chi connectivity index (χ1v) is 6.04. The van der Waals surface area contributed by atoms with Gasteiger partial charge in [-0.15, -0.1) is 0 Å². The van der Waals surface area contributed by atoms with Gasteiger partial charge < -0.3 is 19.7 Å². The zero-order valence-electron chi connectivity index (χ0n) is 9.61. The molecular weight excluding hydrogens is 208 g/mol. The van der Waals surface area contributed by atoms with E-state index in [1.807, 2.05) is 4.90 Å². The van der Waals surface area contributed by atoms with Crippen molar-refractivity contribution in [3.8, 4) is 0 Å². The van der Waals surface area contributed by atoms with Crippen LogP contribution >= 0.6 is 0 Å². The number of nitrogens with zero attached hydrogens (tertiary/aromatic N) is 1. The van der Waals surface area contributed by atoms with Crippen molar-refractivity contribution in [2.45, 2.75) is 18.9 Å². The molecule has 16 heavy (non-hydrogen) atoms. The number of hydrogen-bond acceptors (Lipinski definition) is 4. The summed E-state index contributed by atoms with van der Waals surface area (Å²) in [5.41, 5.74) is 0.